The number of carbonyl (C=O) groups excluding carboxylic acids is 1. The number of hydrogen-bond donors (Lipinski definition) is 2. The molecule has 0 aromatic carbocycles. The lowest BCUT2D eigenvalue weighted by Crippen LogP contribution is -2.34. The number of aryl methyl sites for hydroxylation is 1. The van der Waals surface area contributed by atoms with E-state index in [1.807, 2.05) is 12.1 Å². The fraction of sp³-hybridized carbons (Fsp3) is 0.538. The maximum Gasteiger partial charge on any atom is 0.220 e. The van der Waals surface area contributed by atoms with Crippen LogP contribution in [0.4, 0.5) is 0 Å². The molecule has 17 heavy (non-hydrogen) atoms. The Hall–Kier alpha value is -1.42. The molecular formula is C13H21N3O. The number of hydrogen-bond acceptors (Lipinski definition) is 3. The summed E-state index contributed by atoms with van der Waals surface area (Å²) in [5.74, 6) is 0.104. The second kappa shape index (κ2) is 7.79. The van der Waals surface area contributed by atoms with E-state index in [1.54, 1.807) is 12.4 Å². The van der Waals surface area contributed by atoms with Crippen LogP contribution in [-0.4, -0.2) is 30.0 Å². The van der Waals surface area contributed by atoms with Crippen LogP contribution in [0.2, 0.25) is 0 Å². The normalized spacial score (nSPS) is 10.5. The smallest absolute Gasteiger partial charge is 0.220 e. The van der Waals surface area contributed by atoms with Crippen molar-refractivity contribution in [1.82, 2.24) is 15.6 Å². The van der Waals surface area contributed by atoms with Gasteiger partial charge < -0.3 is 10.6 Å². The minimum absolute atomic E-state index is 0.104. The standard InChI is InChI=1S/C13H21N3O/c1-11(2)15-9-10-16-13(17)4-3-12-5-7-14-8-6-12/h5-8,11,15H,3-4,9-10H2,1-2H3,(H,16,17). The van der Waals surface area contributed by atoms with Gasteiger partial charge in [0.15, 0.2) is 0 Å². The van der Waals surface area contributed by atoms with E-state index in [2.05, 4.69) is 29.5 Å². The van der Waals surface area contributed by atoms with E-state index in [0.717, 1.165) is 18.5 Å². The van der Waals surface area contributed by atoms with Crippen LogP contribution in [0, 0.1) is 0 Å². The molecule has 0 saturated carbocycles. The molecule has 1 aromatic heterocycles. The van der Waals surface area contributed by atoms with Gasteiger partial charge in [-0.15, -0.1) is 0 Å². The molecule has 1 aromatic rings. The fourth-order valence-electron chi connectivity index (χ4n) is 1.46. The second-order valence-corrected chi connectivity index (χ2v) is 4.31. The van der Waals surface area contributed by atoms with Crippen molar-refractivity contribution < 1.29 is 4.79 Å². The van der Waals surface area contributed by atoms with Crippen LogP contribution in [-0.2, 0) is 11.2 Å². The Morgan fingerprint density at radius 2 is 2.00 bits per heavy atom. The summed E-state index contributed by atoms with van der Waals surface area (Å²) in [6.07, 6.45) is 4.80. The number of amides is 1. The van der Waals surface area contributed by atoms with Gasteiger partial charge in [-0.3, -0.25) is 9.78 Å². The zero-order valence-electron chi connectivity index (χ0n) is 10.6. The predicted molar refractivity (Wildman–Crippen MR) is 68.7 cm³/mol. The van der Waals surface area contributed by atoms with Gasteiger partial charge in [0.1, 0.15) is 0 Å². The molecule has 0 fully saturated rings. The van der Waals surface area contributed by atoms with Gasteiger partial charge in [0.25, 0.3) is 0 Å². The molecule has 0 aliphatic rings. The molecule has 0 spiro atoms. The third-order valence-corrected chi connectivity index (χ3v) is 2.39. The molecule has 0 saturated heterocycles. The highest BCUT2D eigenvalue weighted by Crippen LogP contribution is 2.00. The Labute approximate surface area is 103 Å². The number of aromatic nitrogens is 1. The summed E-state index contributed by atoms with van der Waals surface area (Å²) in [6, 6.07) is 4.34. The number of carbonyl (C=O) groups is 1. The van der Waals surface area contributed by atoms with Gasteiger partial charge in [-0.05, 0) is 24.1 Å². The SMILES string of the molecule is CC(C)NCCNC(=O)CCc1ccncc1. The average molecular weight is 235 g/mol. The van der Waals surface area contributed by atoms with Gasteiger partial charge in [-0.25, -0.2) is 0 Å². The molecule has 0 radical (unpaired) electrons. The summed E-state index contributed by atoms with van der Waals surface area (Å²) < 4.78 is 0. The number of nitrogens with one attached hydrogen (secondary N) is 2. The van der Waals surface area contributed by atoms with E-state index < -0.39 is 0 Å². The predicted octanol–water partition coefficient (Wildman–Crippen LogP) is 1.13. The van der Waals surface area contributed by atoms with Gasteiger partial charge in [0, 0.05) is 37.9 Å². The van der Waals surface area contributed by atoms with Crippen LogP contribution in [0.15, 0.2) is 24.5 Å². The van der Waals surface area contributed by atoms with E-state index in [-0.39, 0.29) is 5.91 Å². The first-order valence-electron chi connectivity index (χ1n) is 6.07. The first-order valence-corrected chi connectivity index (χ1v) is 6.07. The Bertz CT molecular complexity index is 325. The molecular weight excluding hydrogens is 214 g/mol. The van der Waals surface area contributed by atoms with Crippen molar-refractivity contribution in [3.63, 3.8) is 0 Å². The minimum Gasteiger partial charge on any atom is -0.355 e. The summed E-state index contributed by atoms with van der Waals surface area (Å²) in [6.45, 7) is 5.68. The molecule has 4 nitrogen and oxygen atoms in total. The zero-order chi connectivity index (χ0) is 12.5. The van der Waals surface area contributed by atoms with Crippen molar-refractivity contribution in [2.45, 2.75) is 32.7 Å². The molecule has 0 atom stereocenters. The number of pyridine rings is 1. The van der Waals surface area contributed by atoms with Crippen LogP contribution in [0.25, 0.3) is 0 Å². The summed E-state index contributed by atoms with van der Waals surface area (Å²) in [7, 11) is 0. The number of rotatable bonds is 7. The van der Waals surface area contributed by atoms with Crippen LogP contribution in [0.5, 0.6) is 0 Å². The first kappa shape index (κ1) is 13.6. The highest BCUT2D eigenvalue weighted by Gasteiger charge is 2.01. The van der Waals surface area contributed by atoms with E-state index in [9.17, 15) is 4.79 Å². The summed E-state index contributed by atoms with van der Waals surface area (Å²) in [4.78, 5) is 15.4. The second-order valence-electron chi connectivity index (χ2n) is 4.31. The fourth-order valence-corrected chi connectivity index (χ4v) is 1.46. The Balaban J connectivity index is 2.09. The van der Waals surface area contributed by atoms with Crippen LogP contribution in [0.1, 0.15) is 25.8 Å². The van der Waals surface area contributed by atoms with Gasteiger partial charge in [0.2, 0.25) is 5.91 Å². The Morgan fingerprint density at radius 3 is 2.65 bits per heavy atom. The Kier molecular flexibility index (Phi) is 6.25. The van der Waals surface area contributed by atoms with Crippen LogP contribution < -0.4 is 10.6 Å². The highest BCUT2D eigenvalue weighted by molar-refractivity contribution is 5.76. The van der Waals surface area contributed by atoms with Gasteiger partial charge in [-0.2, -0.15) is 0 Å². The number of nitrogens with zero attached hydrogens (tertiary/aromatic N) is 1. The quantitative estimate of drug-likeness (QED) is 0.697. The largest absolute Gasteiger partial charge is 0.355 e. The van der Waals surface area contributed by atoms with Crippen molar-refractivity contribution in [3.05, 3.63) is 30.1 Å². The molecule has 1 amide bonds. The lowest BCUT2D eigenvalue weighted by atomic mass is 10.1. The lowest BCUT2D eigenvalue weighted by molar-refractivity contribution is -0.121. The minimum atomic E-state index is 0.104. The molecule has 4 heteroatoms. The van der Waals surface area contributed by atoms with Crippen molar-refractivity contribution in [2.24, 2.45) is 0 Å². The van der Waals surface area contributed by atoms with Crippen molar-refractivity contribution >= 4 is 5.91 Å². The summed E-state index contributed by atoms with van der Waals surface area (Å²) in [5, 5.41) is 6.14. The summed E-state index contributed by atoms with van der Waals surface area (Å²) in [5.41, 5.74) is 1.15. The van der Waals surface area contributed by atoms with Crippen LogP contribution >= 0.6 is 0 Å². The molecule has 0 unspecified atom stereocenters. The van der Waals surface area contributed by atoms with E-state index in [1.165, 1.54) is 0 Å². The Morgan fingerprint density at radius 1 is 1.29 bits per heavy atom. The highest BCUT2D eigenvalue weighted by atomic mass is 16.1. The van der Waals surface area contributed by atoms with E-state index >= 15 is 0 Å². The molecule has 94 valence electrons. The molecule has 2 N–H and O–H groups in total. The monoisotopic (exact) mass is 235 g/mol. The van der Waals surface area contributed by atoms with Crippen molar-refractivity contribution in [3.8, 4) is 0 Å². The van der Waals surface area contributed by atoms with Crippen LogP contribution in [0.3, 0.4) is 0 Å². The van der Waals surface area contributed by atoms with Crippen molar-refractivity contribution in [2.75, 3.05) is 13.1 Å². The molecule has 0 bridgehead atoms. The maximum atomic E-state index is 11.5. The van der Waals surface area contributed by atoms with Crippen molar-refractivity contribution in [1.29, 1.82) is 0 Å². The topological polar surface area (TPSA) is 54.0 Å². The van der Waals surface area contributed by atoms with E-state index in [4.69, 9.17) is 0 Å². The first-order chi connectivity index (χ1) is 8.18. The molecule has 0 aliphatic heterocycles. The van der Waals surface area contributed by atoms with E-state index in [0.29, 0.717) is 19.0 Å². The molecule has 1 rings (SSSR count). The van der Waals surface area contributed by atoms with Gasteiger partial charge in [0.05, 0.1) is 0 Å². The average Bonchev–Trinajstić information content (AvgIpc) is 2.33. The molecule has 1 heterocycles. The summed E-state index contributed by atoms with van der Waals surface area (Å²) >= 11 is 0. The van der Waals surface area contributed by atoms with Gasteiger partial charge >= 0.3 is 0 Å². The molecule has 0 aliphatic carbocycles. The zero-order valence-corrected chi connectivity index (χ0v) is 10.6. The maximum absolute atomic E-state index is 11.5. The third-order valence-electron chi connectivity index (χ3n) is 2.39. The lowest BCUT2D eigenvalue weighted by Gasteiger charge is -2.09. The third kappa shape index (κ3) is 6.68. The van der Waals surface area contributed by atoms with Gasteiger partial charge in [-0.1, -0.05) is 13.8 Å².